The summed E-state index contributed by atoms with van der Waals surface area (Å²) in [6.07, 6.45) is 3.26. The number of aromatic nitrogens is 1. The van der Waals surface area contributed by atoms with Crippen molar-refractivity contribution in [2.75, 3.05) is 13.2 Å². The molecule has 1 aromatic heterocycles. The molecule has 2 heterocycles. The Labute approximate surface area is 160 Å². The fourth-order valence-electron chi connectivity index (χ4n) is 2.83. The highest BCUT2D eigenvalue weighted by molar-refractivity contribution is 6.02. The van der Waals surface area contributed by atoms with E-state index in [0.717, 1.165) is 11.3 Å². The minimum Gasteiger partial charge on any atom is -0.452 e. The summed E-state index contributed by atoms with van der Waals surface area (Å²) in [6.45, 7) is 0.0989. The Bertz CT molecular complexity index is 1040. The molecule has 2 aromatic carbocycles. The molecule has 0 saturated heterocycles. The number of hydrogen-bond acceptors (Lipinski definition) is 6. The molecule has 0 spiro atoms. The van der Waals surface area contributed by atoms with E-state index in [1.807, 2.05) is 48.5 Å². The number of rotatable bonds is 5. The van der Waals surface area contributed by atoms with Crippen LogP contribution in [0.2, 0.25) is 0 Å². The Morgan fingerprint density at radius 1 is 1.11 bits per heavy atom. The van der Waals surface area contributed by atoms with Crippen molar-refractivity contribution in [2.24, 2.45) is 5.10 Å². The zero-order valence-corrected chi connectivity index (χ0v) is 14.9. The maximum absolute atomic E-state index is 12.2. The van der Waals surface area contributed by atoms with Gasteiger partial charge in [-0.3, -0.25) is 4.79 Å². The van der Waals surface area contributed by atoms with Gasteiger partial charge in [0.05, 0.1) is 12.3 Å². The summed E-state index contributed by atoms with van der Waals surface area (Å²) in [6, 6.07) is 17.0. The number of ether oxygens (including phenoxy) is 1. The number of nitrogens with zero attached hydrogens (tertiary/aromatic N) is 3. The molecule has 7 heteroatoms. The van der Waals surface area contributed by atoms with Gasteiger partial charge in [-0.05, 0) is 17.7 Å². The summed E-state index contributed by atoms with van der Waals surface area (Å²) in [5.41, 5.74) is 3.16. The summed E-state index contributed by atoms with van der Waals surface area (Å²) in [7, 11) is 0. The van der Waals surface area contributed by atoms with Crippen LogP contribution in [0.3, 0.4) is 0 Å². The van der Waals surface area contributed by atoms with Crippen LogP contribution in [0.5, 0.6) is 0 Å². The minimum absolute atomic E-state index is 0.293. The van der Waals surface area contributed by atoms with E-state index in [1.54, 1.807) is 6.07 Å². The van der Waals surface area contributed by atoms with Crippen LogP contribution >= 0.6 is 0 Å². The number of amides is 1. The molecule has 0 bridgehead atoms. The zero-order valence-electron chi connectivity index (χ0n) is 14.9. The number of carbonyl (C=O) groups excluding carboxylic acids is 2. The first-order chi connectivity index (χ1) is 13.7. The number of benzene rings is 2. The molecule has 0 radical (unpaired) electrons. The number of esters is 1. The van der Waals surface area contributed by atoms with Crippen LogP contribution in [0.4, 0.5) is 0 Å². The second-order valence-electron chi connectivity index (χ2n) is 6.14. The molecule has 1 aliphatic heterocycles. The van der Waals surface area contributed by atoms with Crippen molar-refractivity contribution in [3.05, 3.63) is 72.1 Å². The Hall–Kier alpha value is -3.74. The van der Waals surface area contributed by atoms with Gasteiger partial charge in [0.1, 0.15) is 5.52 Å². The SMILES string of the molecule is O=C(/C=C/c1nc2ccccc2o1)OCC(=O)N1CCC(c2ccccc2)=N1. The van der Waals surface area contributed by atoms with Gasteiger partial charge in [-0.15, -0.1) is 0 Å². The van der Waals surface area contributed by atoms with E-state index in [1.165, 1.54) is 17.2 Å². The van der Waals surface area contributed by atoms with Crippen molar-refractivity contribution in [1.29, 1.82) is 0 Å². The molecule has 0 fully saturated rings. The Morgan fingerprint density at radius 2 is 1.89 bits per heavy atom. The minimum atomic E-state index is -0.651. The van der Waals surface area contributed by atoms with Gasteiger partial charge in [-0.1, -0.05) is 42.5 Å². The number of oxazole rings is 1. The lowest BCUT2D eigenvalue weighted by Crippen LogP contribution is -2.28. The van der Waals surface area contributed by atoms with Crippen LogP contribution in [0.1, 0.15) is 17.9 Å². The fourth-order valence-corrected chi connectivity index (χ4v) is 2.83. The fraction of sp³-hybridized carbons (Fsp3) is 0.143. The van der Waals surface area contributed by atoms with E-state index >= 15 is 0 Å². The van der Waals surface area contributed by atoms with Gasteiger partial charge in [0.2, 0.25) is 5.89 Å². The first kappa shape index (κ1) is 17.7. The zero-order chi connectivity index (χ0) is 19.3. The van der Waals surface area contributed by atoms with Gasteiger partial charge in [-0.2, -0.15) is 5.10 Å². The quantitative estimate of drug-likeness (QED) is 0.505. The van der Waals surface area contributed by atoms with Crippen LogP contribution in [0.25, 0.3) is 17.2 Å². The molecule has 7 nitrogen and oxygen atoms in total. The normalized spacial score (nSPS) is 13.9. The molecule has 28 heavy (non-hydrogen) atoms. The number of para-hydroxylation sites is 2. The van der Waals surface area contributed by atoms with Crippen molar-refractivity contribution in [2.45, 2.75) is 6.42 Å². The van der Waals surface area contributed by atoms with Gasteiger partial charge >= 0.3 is 5.97 Å². The molecule has 1 aliphatic rings. The van der Waals surface area contributed by atoms with Crippen LogP contribution in [-0.2, 0) is 14.3 Å². The van der Waals surface area contributed by atoms with Crippen molar-refractivity contribution < 1.29 is 18.7 Å². The summed E-state index contributed by atoms with van der Waals surface area (Å²) < 4.78 is 10.5. The second-order valence-corrected chi connectivity index (χ2v) is 6.14. The third kappa shape index (κ3) is 3.98. The third-order valence-corrected chi connectivity index (χ3v) is 4.21. The lowest BCUT2D eigenvalue weighted by molar-refractivity contribution is -0.147. The van der Waals surface area contributed by atoms with Gasteiger partial charge in [-0.25, -0.2) is 14.8 Å². The van der Waals surface area contributed by atoms with E-state index in [0.29, 0.717) is 30.0 Å². The molecule has 4 rings (SSSR count). The van der Waals surface area contributed by atoms with Crippen molar-refractivity contribution in [1.82, 2.24) is 9.99 Å². The highest BCUT2D eigenvalue weighted by atomic mass is 16.5. The van der Waals surface area contributed by atoms with Gasteiger partial charge in [0.25, 0.3) is 5.91 Å². The average molecular weight is 375 g/mol. The Morgan fingerprint density at radius 3 is 2.71 bits per heavy atom. The van der Waals surface area contributed by atoms with Crippen molar-refractivity contribution >= 4 is 34.8 Å². The molecule has 1 amide bonds. The van der Waals surface area contributed by atoms with Crippen molar-refractivity contribution in [3.8, 4) is 0 Å². The molecule has 0 N–H and O–H groups in total. The number of carbonyl (C=O) groups is 2. The summed E-state index contributed by atoms with van der Waals surface area (Å²) in [4.78, 5) is 28.3. The van der Waals surface area contributed by atoms with Gasteiger partial charge in [0.15, 0.2) is 12.2 Å². The molecular weight excluding hydrogens is 358 g/mol. The van der Waals surface area contributed by atoms with Crippen LogP contribution in [-0.4, -0.2) is 40.7 Å². The van der Waals surface area contributed by atoms with Crippen LogP contribution in [0.15, 0.2) is 70.2 Å². The first-order valence-electron chi connectivity index (χ1n) is 8.83. The molecule has 0 aliphatic carbocycles. The largest absolute Gasteiger partial charge is 0.452 e. The third-order valence-electron chi connectivity index (χ3n) is 4.21. The number of hydrazone groups is 1. The smallest absolute Gasteiger partial charge is 0.331 e. The van der Waals surface area contributed by atoms with E-state index in [-0.39, 0.29) is 12.5 Å². The molecule has 140 valence electrons. The van der Waals surface area contributed by atoms with Crippen molar-refractivity contribution in [3.63, 3.8) is 0 Å². The molecule has 0 saturated carbocycles. The van der Waals surface area contributed by atoms with Crippen LogP contribution in [0, 0.1) is 0 Å². The van der Waals surface area contributed by atoms with Gasteiger partial charge < -0.3 is 9.15 Å². The molecular formula is C21H17N3O4. The van der Waals surface area contributed by atoms with E-state index in [4.69, 9.17) is 9.15 Å². The second kappa shape index (κ2) is 7.87. The number of fused-ring (bicyclic) bond motifs is 1. The average Bonchev–Trinajstić information content (AvgIpc) is 3.38. The summed E-state index contributed by atoms with van der Waals surface area (Å²) in [5, 5.41) is 5.65. The predicted octanol–water partition coefficient (Wildman–Crippen LogP) is 3.02. The van der Waals surface area contributed by atoms with E-state index < -0.39 is 5.97 Å². The maximum Gasteiger partial charge on any atom is 0.331 e. The lowest BCUT2D eigenvalue weighted by atomic mass is 10.1. The predicted molar refractivity (Wildman–Crippen MR) is 103 cm³/mol. The summed E-state index contributed by atoms with van der Waals surface area (Å²) >= 11 is 0. The van der Waals surface area contributed by atoms with E-state index in [2.05, 4.69) is 10.1 Å². The lowest BCUT2D eigenvalue weighted by Gasteiger charge is -2.10. The molecule has 3 aromatic rings. The standard InChI is InChI=1S/C21H17N3O4/c25-20(24-13-12-16(23-24)15-6-2-1-3-7-15)14-27-21(26)11-10-19-22-17-8-4-5-9-18(17)28-19/h1-11H,12-14H2/b11-10+. The summed E-state index contributed by atoms with van der Waals surface area (Å²) in [5.74, 6) is -0.724. The monoisotopic (exact) mass is 375 g/mol. The maximum atomic E-state index is 12.2. The topological polar surface area (TPSA) is 85.0 Å². The Balaban J connectivity index is 1.31. The van der Waals surface area contributed by atoms with Crippen LogP contribution < -0.4 is 0 Å². The van der Waals surface area contributed by atoms with E-state index in [9.17, 15) is 9.59 Å². The van der Waals surface area contributed by atoms with Gasteiger partial charge in [0, 0.05) is 18.6 Å². The Kier molecular flexibility index (Phi) is 4.97. The molecule has 0 unspecified atom stereocenters. The highest BCUT2D eigenvalue weighted by Gasteiger charge is 2.22. The number of hydrogen-bond donors (Lipinski definition) is 0. The highest BCUT2D eigenvalue weighted by Crippen LogP contribution is 2.16. The first-order valence-corrected chi connectivity index (χ1v) is 8.83. The molecule has 0 atom stereocenters.